The van der Waals surface area contributed by atoms with Gasteiger partial charge in [-0.05, 0) is 30.9 Å². The van der Waals surface area contributed by atoms with Crippen molar-refractivity contribution in [3.8, 4) is 17.2 Å². The Kier molecular flexibility index (Phi) is 7.18. The third-order valence-corrected chi connectivity index (χ3v) is 4.70. The second-order valence-electron chi connectivity index (χ2n) is 6.70. The average Bonchev–Trinajstić information content (AvgIpc) is 2.61. The molecule has 0 aliphatic carbocycles. The maximum Gasteiger partial charge on any atom is 0.203 e. The molecule has 1 atom stereocenters. The van der Waals surface area contributed by atoms with Gasteiger partial charge in [-0.2, -0.15) is 0 Å². The van der Waals surface area contributed by atoms with E-state index < -0.39 is 0 Å². The first-order valence-electron chi connectivity index (χ1n) is 8.86. The van der Waals surface area contributed by atoms with E-state index in [1.807, 2.05) is 6.07 Å². The van der Waals surface area contributed by atoms with Crippen LogP contribution in [0.25, 0.3) is 0 Å². The lowest BCUT2D eigenvalue weighted by molar-refractivity contribution is 0.156. The molecule has 1 aliphatic heterocycles. The summed E-state index contributed by atoms with van der Waals surface area (Å²) in [5.74, 6) is 2.87. The van der Waals surface area contributed by atoms with Gasteiger partial charge in [0, 0.05) is 37.8 Å². The molecule has 2 rings (SSSR count). The van der Waals surface area contributed by atoms with Crippen LogP contribution in [0.3, 0.4) is 0 Å². The van der Waals surface area contributed by atoms with Gasteiger partial charge in [0.1, 0.15) is 0 Å². The molecule has 1 fully saturated rings. The van der Waals surface area contributed by atoms with Crippen molar-refractivity contribution >= 4 is 0 Å². The molecule has 0 amide bonds. The molecule has 0 radical (unpaired) electrons. The van der Waals surface area contributed by atoms with Gasteiger partial charge in [0.25, 0.3) is 0 Å². The van der Waals surface area contributed by atoms with Gasteiger partial charge in [0.15, 0.2) is 11.5 Å². The Labute approximate surface area is 146 Å². The predicted octanol–water partition coefficient (Wildman–Crippen LogP) is 3.09. The second kappa shape index (κ2) is 9.14. The number of benzene rings is 1. The summed E-state index contributed by atoms with van der Waals surface area (Å²) < 4.78 is 16.8. The average molecular weight is 336 g/mol. The first-order chi connectivity index (χ1) is 11.6. The third-order valence-electron chi connectivity index (χ3n) is 4.70. The van der Waals surface area contributed by atoms with Crippen molar-refractivity contribution in [2.24, 2.45) is 5.92 Å². The minimum Gasteiger partial charge on any atom is -0.493 e. The van der Waals surface area contributed by atoms with Crippen LogP contribution >= 0.6 is 0 Å². The highest BCUT2D eigenvalue weighted by atomic mass is 16.5. The highest BCUT2D eigenvalue weighted by Crippen LogP contribution is 2.44. The van der Waals surface area contributed by atoms with E-state index in [-0.39, 0.29) is 0 Å². The number of hydrogen-bond donors (Lipinski definition) is 1. The van der Waals surface area contributed by atoms with Crippen LogP contribution in [0.15, 0.2) is 12.1 Å². The predicted molar refractivity (Wildman–Crippen MR) is 97.4 cm³/mol. The first-order valence-corrected chi connectivity index (χ1v) is 8.86. The molecule has 1 saturated heterocycles. The molecule has 0 aromatic heterocycles. The number of nitrogens with one attached hydrogen (secondary N) is 1. The molecule has 5 heteroatoms. The normalized spacial score (nSPS) is 16.9. The topological polar surface area (TPSA) is 43.0 Å². The Morgan fingerprint density at radius 2 is 1.62 bits per heavy atom. The Bertz CT molecular complexity index is 514. The van der Waals surface area contributed by atoms with Crippen LogP contribution in [0.4, 0.5) is 0 Å². The van der Waals surface area contributed by atoms with Crippen LogP contribution in [-0.4, -0.2) is 52.4 Å². The Morgan fingerprint density at radius 3 is 2.17 bits per heavy atom. The maximum absolute atomic E-state index is 5.74. The van der Waals surface area contributed by atoms with Gasteiger partial charge >= 0.3 is 0 Å². The van der Waals surface area contributed by atoms with E-state index >= 15 is 0 Å². The Hall–Kier alpha value is -1.46. The van der Waals surface area contributed by atoms with Crippen LogP contribution in [0.1, 0.15) is 38.3 Å². The number of hydrogen-bond acceptors (Lipinski definition) is 5. The summed E-state index contributed by atoms with van der Waals surface area (Å²) in [4.78, 5) is 2.56. The fourth-order valence-corrected chi connectivity index (χ4v) is 3.41. The Balaban J connectivity index is 2.39. The van der Waals surface area contributed by atoms with E-state index in [1.165, 1.54) is 12.0 Å². The summed E-state index contributed by atoms with van der Waals surface area (Å²) >= 11 is 0. The molecule has 0 spiro atoms. The van der Waals surface area contributed by atoms with E-state index in [4.69, 9.17) is 14.2 Å². The fourth-order valence-electron chi connectivity index (χ4n) is 3.41. The number of piperazine rings is 1. The molecule has 1 heterocycles. The van der Waals surface area contributed by atoms with Crippen molar-refractivity contribution < 1.29 is 14.2 Å². The van der Waals surface area contributed by atoms with Crippen LogP contribution in [0.2, 0.25) is 0 Å². The second-order valence-corrected chi connectivity index (χ2v) is 6.70. The molecular weight excluding hydrogens is 304 g/mol. The number of ether oxygens (including phenoxy) is 3. The van der Waals surface area contributed by atoms with Crippen molar-refractivity contribution in [2.75, 3.05) is 47.5 Å². The molecule has 1 N–H and O–H groups in total. The van der Waals surface area contributed by atoms with Gasteiger partial charge < -0.3 is 19.5 Å². The number of rotatable bonds is 8. The zero-order valence-corrected chi connectivity index (χ0v) is 15.7. The van der Waals surface area contributed by atoms with E-state index in [9.17, 15) is 0 Å². The molecule has 0 unspecified atom stereocenters. The molecule has 5 nitrogen and oxygen atoms in total. The minimum absolute atomic E-state index is 0.337. The summed E-state index contributed by atoms with van der Waals surface area (Å²) in [6, 6.07) is 4.46. The van der Waals surface area contributed by atoms with Crippen molar-refractivity contribution in [2.45, 2.75) is 32.7 Å². The lowest BCUT2D eigenvalue weighted by Crippen LogP contribution is -2.45. The van der Waals surface area contributed by atoms with Gasteiger partial charge in [0.2, 0.25) is 5.75 Å². The van der Waals surface area contributed by atoms with E-state index in [0.29, 0.717) is 23.5 Å². The van der Waals surface area contributed by atoms with Gasteiger partial charge in [-0.3, -0.25) is 4.90 Å². The van der Waals surface area contributed by atoms with Crippen LogP contribution in [-0.2, 0) is 0 Å². The van der Waals surface area contributed by atoms with Gasteiger partial charge in [-0.1, -0.05) is 13.8 Å². The van der Waals surface area contributed by atoms with Crippen molar-refractivity contribution in [3.05, 3.63) is 17.7 Å². The molecule has 136 valence electrons. The summed E-state index contributed by atoms with van der Waals surface area (Å²) in [5, 5.41) is 3.44. The van der Waals surface area contributed by atoms with Gasteiger partial charge in [-0.25, -0.2) is 0 Å². The quantitative estimate of drug-likeness (QED) is 0.790. The van der Waals surface area contributed by atoms with Crippen molar-refractivity contribution in [3.63, 3.8) is 0 Å². The molecule has 24 heavy (non-hydrogen) atoms. The van der Waals surface area contributed by atoms with Crippen molar-refractivity contribution in [1.29, 1.82) is 0 Å². The molecular formula is C19H32N2O3. The largest absolute Gasteiger partial charge is 0.493 e. The molecule has 1 aliphatic rings. The summed E-state index contributed by atoms with van der Waals surface area (Å²) in [7, 11) is 5.03. The van der Waals surface area contributed by atoms with Gasteiger partial charge in [-0.15, -0.1) is 0 Å². The monoisotopic (exact) mass is 336 g/mol. The molecule has 1 aromatic carbocycles. The summed E-state index contributed by atoms with van der Waals surface area (Å²) in [6.07, 6.45) is 2.30. The highest BCUT2D eigenvalue weighted by molar-refractivity contribution is 5.56. The lowest BCUT2D eigenvalue weighted by atomic mass is 9.94. The zero-order valence-electron chi connectivity index (χ0n) is 15.7. The summed E-state index contributed by atoms with van der Waals surface area (Å²) in [5.41, 5.74) is 1.19. The standard InChI is InChI=1S/C19H32N2O3/c1-14(2)6-8-16(21-12-10-20-11-13-21)15-7-9-17(22-3)19(24-5)18(15)23-4/h7,9,14,16,20H,6,8,10-13H2,1-5H3/t16-/m0/s1. The Morgan fingerprint density at radius 1 is 0.958 bits per heavy atom. The molecule has 0 saturated carbocycles. The fraction of sp³-hybridized carbons (Fsp3) is 0.684. The van der Waals surface area contributed by atoms with Crippen molar-refractivity contribution in [1.82, 2.24) is 10.2 Å². The number of nitrogens with zero attached hydrogens (tertiary/aromatic N) is 1. The van der Waals surface area contributed by atoms with Gasteiger partial charge in [0.05, 0.1) is 21.3 Å². The van der Waals surface area contributed by atoms with Crippen LogP contribution in [0, 0.1) is 5.92 Å². The minimum atomic E-state index is 0.337. The van der Waals surface area contributed by atoms with E-state index in [2.05, 4.69) is 30.1 Å². The molecule has 0 bridgehead atoms. The zero-order chi connectivity index (χ0) is 17.5. The highest BCUT2D eigenvalue weighted by Gasteiger charge is 2.27. The van der Waals surface area contributed by atoms with E-state index in [1.54, 1.807) is 21.3 Å². The smallest absolute Gasteiger partial charge is 0.203 e. The van der Waals surface area contributed by atoms with E-state index in [0.717, 1.165) is 38.3 Å². The SMILES string of the molecule is COc1ccc([C@H](CCC(C)C)N2CCNCC2)c(OC)c1OC. The molecule has 1 aromatic rings. The third kappa shape index (κ3) is 4.33. The lowest BCUT2D eigenvalue weighted by Gasteiger charge is -2.36. The maximum atomic E-state index is 5.74. The number of methoxy groups -OCH3 is 3. The summed E-state index contributed by atoms with van der Waals surface area (Å²) in [6.45, 7) is 8.74. The van der Waals surface area contributed by atoms with Crippen LogP contribution in [0.5, 0.6) is 17.2 Å². The van der Waals surface area contributed by atoms with Crippen LogP contribution < -0.4 is 19.5 Å². The first kappa shape index (κ1) is 18.9.